The van der Waals surface area contributed by atoms with Crippen molar-refractivity contribution in [1.82, 2.24) is 29.4 Å². The number of imidazole rings is 1. The molecular formula is C26H29ClF2N8. The minimum Gasteiger partial charge on any atom is -0.330 e. The van der Waals surface area contributed by atoms with Crippen molar-refractivity contribution in [1.29, 1.82) is 0 Å². The predicted octanol–water partition coefficient (Wildman–Crippen LogP) is 4.68. The van der Waals surface area contributed by atoms with E-state index in [0.717, 1.165) is 63.0 Å². The number of hydrogen-bond donors (Lipinski definition) is 2. The fourth-order valence-corrected chi connectivity index (χ4v) is 4.99. The van der Waals surface area contributed by atoms with Gasteiger partial charge in [0.05, 0.1) is 11.7 Å². The molecule has 3 aromatic heterocycles. The maximum Gasteiger partial charge on any atom is 0.229 e. The van der Waals surface area contributed by atoms with Gasteiger partial charge in [-0.1, -0.05) is 6.07 Å². The van der Waals surface area contributed by atoms with E-state index in [1.54, 1.807) is 6.07 Å². The summed E-state index contributed by atoms with van der Waals surface area (Å²) in [5, 5.41) is 3.09. The summed E-state index contributed by atoms with van der Waals surface area (Å²) in [5.41, 5.74) is 9.20. The van der Waals surface area contributed by atoms with Gasteiger partial charge in [0.1, 0.15) is 22.9 Å². The van der Waals surface area contributed by atoms with Crippen LogP contribution in [0.5, 0.6) is 0 Å². The Hall–Kier alpha value is -3.21. The molecule has 1 saturated carbocycles. The zero-order chi connectivity index (χ0) is 24.8. The van der Waals surface area contributed by atoms with Crippen LogP contribution in [0.15, 0.2) is 30.5 Å². The minimum absolute atomic E-state index is 0. The number of aromatic nitrogens is 5. The van der Waals surface area contributed by atoms with Crippen LogP contribution in [0.25, 0.3) is 22.3 Å². The fraction of sp³-hybridized carbons (Fsp3) is 0.385. The van der Waals surface area contributed by atoms with Crippen LogP contribution >= 0.6 is 12.4 Å². The van der Waals surface area contributed by atoms with E-state index in [1.807, 2.05) is 23.6 Å². The standard InChI is InChI=1S/C26H28F2N8.ClH/c1-15-31-25-19(27)11-17(12-22(25)36(15)18-4-5-18)24-20(28)13-30-26(34-24)33-23-6-3-16-14-35(9-2-8-29)10-7-21(16)32-23;/h3,6,11-13,18H,2,4-5,7-10,14,29H2,1H3,(H,30,32,33,34);1H. The molecule has 4 heterocycles. The van der Waals surface area contributed by atoms with E-state index in [9.17, 15) is 8.78 Å². The molecule has 8 nitrogen and oxygen atoms in total. The summed E-state index contributed by atoms with van der Waals surface area (Å²) in [7, 11) is 0. The lowest BCUT2D eigenvalue weighted by Gasteiger charge is -2.28. The molecule has 1 aliphatic carbocycles. The summed E-state index contributed by atoms with van der Waals surface area (Å²) in [5.74, 6) is 0.436. The van der Waals surface area contributed by atoms with Crippen LogP contribution in [0.3, 0.4) is 0 Å². The van der Waals surface area contributed by atoms with Gasteiger partial charge in [-0.25, -0.2) is 28.7 Å². The normalized spacial score (nSPS) is 15.5. The Morgan fingerprint density at radius 2 is 1.95 bits per heavy atom. The van der Waals surface area contributed by atoms with Gasteiger partial charge in [0.2, 0.25) is 5.95 Å². The summed E-state index contributed by atoms with van der Waals surface area (Å²) in [6.45, 7) is 5.33. The molecule has 0 atom stereocenters. The third-order valence-corrected chi connectivity index (χ3v) is 6.90. The first-order valence-corrected chi connectivity index (χ1v) is 12.4. The zero-order valence-corrected chi connectivity index (χ0v) is 21.4. The van der Waals surface area contributed by atoms with Gasteiger partial charge in [-0.05, 0) is 63.0 Å². The van der Waals surface area contributed by atoms with Crippen LogP contribution in [0.1, 0.15) is 42.4 Å². The van der Waals surface area contributed by atoms with E-state index in [-0.39, 0.29) is 24.0 Å². The van der Waals surface area contributed by atoms with Crippen molar-refractivity contribution in [2.45, 2.75) is 45.2 Å². The number of nitrogens with two attached hydrogens (primary N) is 1. The molecule has 0 amide bonds. The Bertz CT molecular complexity index is 1450. The molecule has 1 aromatic carbocycles. The smallest absolute Gasteiger partial charge is 0.229 e. The van der Waals surface area contributed by atoms with Gasteiger partial charge in [-0.3, -0.25) is 4.90 Å². The van der Waals surface area contributed by atoms with Crippen molar-refractivity contribution in [2.75, 3.05) is 25.0 Å². The largest absolute Gasteiger partial charge is 0.330 e. The average molecular weight is 527 g/mol. The summed E-state index contributed by atoms with van der Waals surface area (Å²) >= 11 is 0. The molecule has 0 radical (unpaired) electrons. The van der Waals surface area contributed by atoms with Gasteiger partial charge in [0, 0.05) is 36.8 Å². The number of fused-ring (bicyclic) bond motifs is 2. The van der Waals surface area contributed by atoms with Crippen LogP contribution in [0, 0.1) is 18.6 Å². The second kappa shape index (κ2) is 10.3. The molecule has 4 aromatic rings. The summed E-state index contributed by atoms with van der Waals surface area (Å²) in [4.78, 5) is 20.0. The van der Waals surface area contributed by atoms with Crippen molar-refractivity contribution in [3.63, 3.8) is 0 Å². The molecule has 0 saturated heterocycles. The molecule has 1 fully saturated rings. The number of nitrogens with one attached hydrogen (secondary N) is 1. The number of pyridine rings is 1. The highest BCUT2D eigenvalue weighted by Crippen LogP contribution is 2.40. The van der Waals surface area contributed by atoms with E-state index in [1.165, 1.54) is 11.6 Å². The van der Waals surface area contributed by atoms with E-state index in [0.29, 0.717) is 35.0 Å². The Kier molecular flexibility index (Phi) is 7.06. The average Bonchev–Trinajstić information content (AvgIpc) is 3.65. The van der Waals surface area contributed by atoms with Crippen molar-refractivity contribution in [2.24, 2.45) is 5.73 Å². The number of nitrogens with zero attached hydrogens (tertiary/aromatic N) is 6. The fourth-order valence-electron chi connectivity index (χ4n) is 4.99. The summed E-state index contributed by atoms with van der Waals surface area (Å²) in [6.07, 6.45) is 5.00. The number of hydrogen-bond acceptors (Lipinski definition) is 7. The lowest BCUT2D eigenvalue weighted by molar-refractivity contribution is 0.250. The third kappa shape index (κ3) is 5.01. The highest BCUT2D eigenvalue weighted by molar-refractivity contribution is 5.85. The Morgan fingerprint density at radius 1 is 1.11 bits per heavy atom. The topological polar surface area (TPSA) is 97.8 Å². The SMILES string of the molecule is Cc1nc2c(F)cc(-c3nc(Nc4ccc5c(n4)CCN(CCCN)C5)ncc3F)cc2n1C1CC1.Cl. The van der Waals surface area contributed by atoms with Crippen molar-refractivity contribution in [3.8, 4) is 11.3 Å². The van der Waals surface area contributed by atoms with Gasteiger partial charge < -0.3 is 15.6 Å². The van der Waals surface area contributed by atoms with Crippen LogP contribution in [-0.2, 0) is 13.0 Å². The first-order valence-electron chi connectivity index (χ1n) is 12.4. The Balaban J connectivity index is 0.00000280. The first kappa shape index (κ1) is 25.4. The van der Waals surface area contributed by atoms with Crippen LogP contribution in [0.2, 0.25) is 0 Å². The predicted molar refractivity (Wildman–Crippen MR) is 141 cm³/mol. The quantitative estimate of drug-likeness (QED) is 0.361. The summed E-state index contributed by atoms with van der Waals surface area (Å²) < 4.78 is 31.8. The molecule has 0 unspecified atom stereocenters. The molecule has 0 spiro atoms. The van der Waals surface area contributed by atoms with Gasteiger partial charge in [0.15, 0.2) is 11.6 Å². The number of rotatable bonds is 7. The van der Waals surface area contributed by atoms with E-state index in [2.05, 4.69) is 25.2 Å². The molecule has 3 N–H and O–H groups in total. The zero-order valence-electron chi connectivity index (χ0n) is 20.5. The van der Waals surface area contributed by atoms with E-state index < -0.39 is 11.6 Å². The highest BCUT2D eigenvalue weighted by Gasteiger charge is 2.28. The first-order chi connectivity index (χ1) is 17.5. The van der Waals surface area contributed by atoms with Crippen molar-refractivity contribution < 1.29 is 8.78 Å². The molecule has 37 heavy (non-hydrogen) atoms. The lowest BCUT2D eigenvalue weighted by atomic mass is 10.1. The second-order valence-electron chi connectivity index (χ2n) is 9.57. The lowest BCUT2D eigenvalue weighted by Crippen LogP contribution is -2.32. The van der Waals surface area contributed by atoms with Gasteiger partial charge in [-0.2, -0.15) is 0 Å². The Morgan fingerprint density at radius 3 is 2.73 bits per heavy atom. The molecule has 0 bridgehead atoms. The second-order valence-corrected chi connectivity index (χ2v) is 9.57. The maximum absolute atomic E-state index is 15.0. The molecule has 2 aliphatic rings. The monoisotopic (exact) mass is 526 g/mol. The molecule has 194 valence electrons. The molecule has 6 rings (SSSR count). The van der Waals surface area contributed by atoms with Crippen LogP contribution in [-0.4, -0.2) is 49.0 Å². The number of anilines is 2. The molecule has 1 aliphatic heterocycles. The third-order valence-electron chi connectivity index (χ3n) is 6.90. The number of aryl methyl sites for hydroxylation is 1. The number of benzene rings is 1. The molecular weight excluding hydrogens is 498 g/mol. The summed E-state index contributed by atoms with van der Waals surface area (Å²) in [6, 6.07) is 7.29. The van der Waals surface area contributed by atoms with Crippen molar-refractivity contribution in [3.05, 3.63) is 59.2 Å². The van der Waals surface area contributed by atoms with Crippen LogP contribution < -0.4 is 11.1 Å². The van der Waals surface area contributed by atoms with Crippen molar-refractivity contribution >= 4 is 35.2 Å². The Labute approximate surface area is 219 Å². The van der Waals surface area contributed by atoms with E-state index >= 15 is 0 Å². The maximum atomic E-state index is 15.0. The highest BCUT2D eigenvalue weighted by atomic mass is 35.5. The minimum atomic E-state index is -0.621. The molecule has 11 heteroatoms. The van der Waals surface area contributed by atoms with Gasteiger partial charge >= 0.3 is 0 Å². The van der Waals surface area contributed by atoms with Crippen LogP contribution in [0.4, 0.5) is 20.5 Å². The van der Waals surface area contributed by atoms with E-state index in [4.69, 9.17) is 10.7 Å². The van der Waals surface area contributed by atoms with Gasteiger partial charge in [0.25, 0.3) is 0 Å². The number of halogens is 3. The van der Waals surface area contributed by atoms with Gasteiger partial charge in [-0.15, -0.1) is 12.4 Å².